The summed E-state index contributed by atoms with van der Waals surface area (Å²) < 4.78 is 1.77. The zero-order valence-corrected chi connectivity index (χ0v) is 11.3. The topological polar surface area (TPSA) is 46.3 Å². The molecule has 0 aromatic carbocycles. The summed E-state index contributed by atoms with van der Waals surface area (Å²) in [6, 6.07) is 2.42. The smallest absolute Gasteiger partial charge is 0.255 e. The monoisotopic (exact) mass is 265 g/mol. The maximum atomic E-state index is 6.07. The van der Waals surface area contributed by atoms with Crippen LogP contribution < -0.4 is 4.90 Å². The van der Waals surface area contributed by atoms with Gasteiger partial charge in [-0.1, -0.05) is 25.4 Å². The minimum absolute atomic E-state index is 0.472. The van der Waals surface area contributed by atoms with Crippen LogP contribution in [-0.4, -0.2) is 32.2 Å². The Morgan fingerprint density at radius 3 is 3.06 bits per heavy atom. The normalized spacial score (nSPS) is 20.2. The van der Waals surface area contributed by atoms with Gasteiger partial charge in [-0.05, 0) is 18.8 Å². The molecule has 2 aromatic heterocycles. The summed E-state index contributed by atoms with van der Waals surface area (Å²) in [4.78, 5) is 10.7. The zero-order chi connectivity index (χ0) is 12.7. The molecule has 96 valence electrons. The van der Waals surface area contributed by atoms with Crippen molar-refractivity contribution in [3.8, 4) is 0 Å². The number of aromatic nitrogens is 4. The Kier molecular flexibility index (Phi) is 2.86. The van der Waals surface area contributed by atoms with Crippen molar-refractivity contribution in [1.82, 2.24) is 19.6 Å². The number of halogens is 1. The first kappa shape index (κ1) is 11.7. The number of rotatable bonds is 2. The van der Waals surface area contributed by atoms with Gasteiger partial charge in [0.2, 0.25) is 0 Å². The van der Waals surface area contributed by atoms with Gasteiger partial charge in [0.1, 0.15) is 17.3 Å². The van der Waals surface area contributed by atoms with Gasteiger partial charge in [0, 0.05) is 18.7 Å². The Morgan fingerprint density at radius 1 is 1.44 bits per heavy atom. The number of hydrogen-bond acceptors (Lipinski definition) is 4. The van der Waals surface area contributed by atoms with E-state index in [0.717, 1.165) is 12.4 Å². The highest BCUT2D eigenvalue weighted by atomic mass is 35.5. The van der Waals surface area contributed by atoms with E-state index in [-0.39, 0.29) is 0 Å². The van der Waals surface area contributed by atoms with Gasteiger partial charge < -0.3 is 4.90 Å². The van der Waals surface area contributed by atoms with Gasteiger partial charge in [-0.15, -0.1) is 0 Å². The van der Waals surface area contributed by atoms with Crippen LogP contribution in [0.5, 0.6) is 0 Å². The summed E-state index contributed by atoms with van der Waals surface area (Å²) >= 11 is 6.07. The molecule has 1 atom stereocenters. The summed E-state index contributed by atoms with van der Waals surface area (Å²) in [5, 5.41) is 4.71. The Bertz CT molecular complexity index is 565. The van der Waals surface area contributed by atoms with Gasteiger partial charge in [-0.3, -0.25) is 0 Å². The SMILES string of the molecule is CC(C)C1CCCN1c1cc(Cl)nc2ncnn12. The second-order valence-electron chi connectivity index (χ2n) is 5.06. The predicted molar refractivity (Wildman–Crippen MR) is 71.0 cm³/mol. The van der Waals surface area contributed by atoms with Crippen LogP contribution in [0.3, 0.4) is 0 Å². The molecule has 5 nitrogen and oxygen atoms in total. The first-order valence-electron chi connectivity index (χ1n) is 6.30. The van der Waals surface area contributed by atoms with Crippen molar-refractivity contribution in [2.45, 2.75) is 32.7 Å². The van der Waals surface area contributed by atoms with Crippen molar-refractivity contribution in [2.75, 3.05) is 11.4 Å². The molecular formula is C12H16ClN5. The molecule has 1 saturated heterocycles. The van der Waals surface area contributed by atoms with E-state index in [1.165, 1.54) is 19.2 Å². The fraction of sp³-hybridized carbons (Fsp3) is 0.583. The zero-order valence-electron chi connectivity index (χ0n) is 10.5. The van der Waals surface area contributed by atoms with E-state index in [1.807, 2.05) is 6.07 Å². The van der Waals surface area contributed by atoms with E-state index in [0.29, 0.717) is 22.9 Å². The Balaban J connectivity index is 2.10. The Hall–Kier alpha value is -1.36. The van der Waals surface area contributed by atoms with Crippen LogP contribution in [0, 0.1) is 5.92 Å². The summed E-state index contributed by atoms with van der Waals surface area (Å²) in [7, 11) is 0. The third kappa shape index (κ3) is 1.82. The summed E-state index contributed by atoms with van der Waals surface area (Å²) in [5.41, 5.74) is 0. The van der Waals surface area contributed by atoms with Crippen LogP contribution in [0.4, 0.5) is 5.82 Å². The van der Waals surface area contributed by atoms with Gasteiger partial charge in [-0.2, -0.15) is 19.6 Å². The van der Waals surface area contributed by atoms with E-state index in [9.17, 15) is 0 Å². The van der Waals surface area contributed by atoms with Crippen molar-refractivity contribution in [3.63, 3.8) is 0 Å². The molecule has 0 saturated carbocycles. The minimum atomic E-state index is 0.472. The molecule has 0 spiro atoms. The van der Waals surface area contributed by atoms with Gasteiger partial charge in [-0.25, -0.2) is 0 Å². The highest BCUT2D eigenvalue weighted by molar-refractivity contribution is 6.29. The van der Waals surface area contributed by atoms with Gasteiger partial charge >= 0.3 is 0 Å². The van der Waals surface area contributed by atoms with E-state index in [4.69, 9.17) is 11.6 Å². The lowest BCUT2D eigenvalue weighted by Crippen LogP contribution is -2.34. The van der Waals surface area contributed by atoms with Crippen LogP contribution in [0.25, 0.3) is 5.78 Å². The molecular weight excluding hydrogens is 250 g/mol. The average Bonchev–Trinajstić information content (AvgIpc) is 2.95. The molecule has 1 aliphatic rings. The molecule has 3 heterocycles. The number of nitrogens with zero attached hydrogens (tertiary/aromatic N) is 5. The van der Waals surface area contributed by atoms with Crippen molar-refractivity contribution in [2.24, 2.45) is 5.92 Å². The van der Waals surface area contributed by atoms with Crippen LogP contribution in [-0.2, 0) is 0 Å². The number of fused-ring (bicyclic) bond motifs is 1. The third-order valence-corrected chi connectivity index (χ3v) is 3.76. The molecule has 1 fully saturated rings. The fourth-order valence-electron chi connectivity index (χ4n) is 2.74. The minimum Gasteiger partial charge on any atom is -0.353 e. The molecule has 3 rings (SSSR count). The molecule has 0 radical (unpaired) electrons. The number of hydrogen-bond donors (Lipinski definition) is 0. The highest BCUT2D eigenvalue weighted by Gasteiger charge is 2.29. The predicted octanol–water partition coefficient (Wildman–Crippen LogP) is 2.40. The summed E-state index contributed by atoms with van der Waals surface area (Å²) in [5.74, 6) is 2.17. The second-order valence-corrected chi connectivity index (χ2v) is 5.44. The molecule has 0 amide bonds. The van der Waals surface area contributed by atoms with Crippen LogP contribution in [0.15, 0.2) is 12.4 Å². The lowest BCUT2D eigenvalue weighted by Gasteiger charge is -2.29. The molecule has 0 bridgehead atoms. The first-order chi connectivity index (χ1) is 8.66. The maximum Gasteiger partial charge on any atom is 0.255 e. The quantitative estimate of drug-likeness (QED) is 0.783. The fourth-order valence-corrected chi connectivity index (χ4v) is 2.92. The van der Waals surface area contributed by atoms with Gasteiger partial charge in [0.25, 0.3) is 5.78 Å². The van der Waals surface area contributed by atoms with E-state index in [2.05, 4.69) is 33.8 Å². The summed E-state index contributed by atoms with van der Waals surface area (Å²) in [6.45, 7) is 5.55. The van der Waals surface area contributed by atoms with Crippen molar-refractivity contribution in [1.29, 1.82) is 0 Å². The van der Waals surface area contributed by atoms with Gasteiger partial charge in [0.05, 0.1) is 0 Å². The summed E-state index contributed by atoms with van der Waals surface area (Å²) in [6.07, 6.45) is 3.94. The largest absolute Gasteiger partial charge is 0.353 e. The number of anilines is 1. The molecule has 18 heavy (non-hydrogen) atoms. The highest BCUT2D eigenvalue weighted by Crippen LogP contribution is 2.30. The molecule has 1 aliphatic heterocycles. The van der Waals surface area contributed by atoms with E-state index >= 15 is 0 Å². The maximum absolute atomic E-state index is 6.07. The molecule has 6 heteroatoms. The van der Waals surface area contributed by atoms with Crippen LogP contribution in [0.2, 0.25) is 5.15 Å². The van der Waals surface area contributed by atoms with Crippen molar-refractivity contribution in [3.05, 3.63) is 17.5 Å². The van der Waals surface area contributed by atoms with Crippen molar-refractivity contribution >= 4 is 23.2 Å². The molecule has 2 aromatic rings. The van der Waals surface area contributed by atoms with Crippen molar-refractivity contribution < 1.29 is 0 Å². The first-order valence-corrected chi connectivity index (χ1v) is 6.67. The lowest BCUT2D eigenvalue weighted by molar-refractivity contribution is 0.487. The van der Waals surface area contributed by atoms with E-state index in [1.54, 1.807) is 4.52 Å². The molecule has 1 unspecified atom stereocenters. The lowest BCUT2D eigenvalue weighted by atomic mass is 10.0. The third-order valence-electron chi connectivity index (χ3n) is 3.56. The van der Waals surface area contributed by atoms with Crippen LogP contribution in [0.1, 0.15) is 26.7 Å². The molecule has 0 N–H and O–H groups in total. The Labute approximate surface area is 111 Å². The average molecular weight is 266 g/mol. The van der Waals surface area contributed by atoms with Gasteiger partial charge in [0.15, 0.2) is 0 Å². The molecule has 0 aliphatic carbocycles. The van der Waals surface area contributed by atoms with Crippen LogP contribution >= 0.6 is 11.6 Å². The Morgan fingerprint density at radius 2 is 2.28 bits per heavy atom. The second kappa shape index (κ2) is 4.39. The van der Waals surface area contributed by atoms with E-state index < -0.39 is 0 Å². The standard InChI is InChI=1S/C12H16ClN5/c1-8(2)9-4-3-5-17(9)11-6-10(13)16-12-14-7-15-18(11)12/h6-9H,3-5H2,1-2H3.